The second kappa shape index (κ2) is 10.6. The zero-order chi connectivity index (χ0) is 24.3. The lowest BCUT2D eigenvalue weighted by molar-refractivity contribution is -0.130. The monoisotopic (exact) mass is 485 g/mol. The van der Waals surface area contributed by atoms with Gasteiger partial charge in [-0.2, -0.15) is 0 Å². The zero-order valence-corrected chi connectivity index (χ0v) is 20.6. The molecular weight excluding hydrogens is 453 g/mol. The van der Waals surface area contributed by atoms with Gasteiger partial charge < -0.3 is 14.9 Å². The number of carbonyl (C=O) groups is 1. The molecule has 1 atom stereocenters. The molecule has 0 bridgehead atoms. The number of hydrogen-bond donors (Lipinski definition) is 1. The quantitative estimate of drug-likeness (QED) is 0.647. The number of hydrogen-bond acceptors (Lipinski definition) is 4. The molecule has 4 rings (SSSR count). The van der Waals surface area contributed by atoms with E-state index in [2.05, 4.69) is 23.8 Å². The van der Waals surface area contributed by atoms with Crippen LogP contribution in [0.15, 0.2) is 48.5 Å². The fraction of sp³-hybridized carbons (Fsp3) is 0.444. The van der Waals surface area contributed by atoms with Crippen LogP contribution in [0.3, 0.4) is 0 Å². The number of amides is 1. The van der Waals surface area contributed by atoms with Crippen molar-refractivity contribution in [3.8, 4) is 0 Å². The molecule has 34 heavy (non-hydrogen) atoms. The highest BCUT2D eigenvalue weighted by atomic mass is 35.5. The maximum absolute atomic E-state index is 13.2. The standard InChI is InChI=1S/C27H33ClFN3O2/c1-20-18-31(19-21-3-8-24(29)9-4-21)15-16-32(20)26(33)10-6-22-5-7-23(28)17-25(22)27(34)11-13-30(2)14-12-27/h3-10,17,20,34H,11-16,18-19H2,1-2H3/b10-6+/t20-/m1/s1. The first-order valence-corrected chi connectivity index (χ1v) is 12.3. The van der Waals surface area contributed by atoms with Gasteiger partial charge in [0.1, 0.15) is 5.82 Å². The van der Waals surface area contributed by atoms with Gasteiger partial charge in [0.25, 0.3) is 0 Å². The van der Waals surface area contributed by atoms with Crippen molar-refractivity contribution in [3.05, 3.63) is 76.1 Å². The Morgan fingerprint density at radius 3 is 2.53 bits per heavy atom. The Kier molecular flexibility index (Phi) is 7.73. The highest BCUT2D eigenvalue weighted by Gasteiger charge is 2.34. The number of piperazine rings is 1. The van der Waals surface area contributed by atoms with Crippen LogP contribution in [0.1, 0.15) is 36.5 Å². The van der Waals surface area contributed by atoms with E-state index in [0.29, 0.717) is 24.4 Å². The minimum Gasteiger partial charge on any atom is -0.385 e. The molecule has 7 heteroatoms. The summed E-state index contributed by atoms with van der Waals surface area (Å²) in [6, 6.07) is 12.1. The summed E-state index contributed by atoms with van der Waals surface area (Å²) in [6.45, 7) is 6.57. The van der Waals surface area contributed by atoms with Gasteiger partial charge in [-0.15, -0.1) is 0 Å². The molecule has 2 aromatic rings. The van der Waals surface area contributed by atoms with Crippen molar-refractivity contribution in [2.24, 2.45) is 0 Å². The lowest BCUT2D eigenvalue weighted by Crippen LogP contribution is -2.53. The van der Waals surface area contributed by atoms with Gasteiger partial charge in [0.15, 0.2) is 0 Å². The van der Waals surface area contributed by atoms with Crippen LogP contribution in [0.5, 0.6) is 0 Å². The number of nitrogens with zero attached hydrogens (tertiary/aromatic N) is 3. The number of piperidine rings is 1. The Morgan fingerprint density at radius 2 is 1.85 bits per heavy atom. The van der Waals surface area contributed by atoms with Gasteiger partial charge in [-0.3, -0.25) is 9.69 Å². The molecule has 2 aliphatic heterocycles. The highest BCUT2D eigenvalue weighted by Crippen LogP contribution is 2.36. The van der Waals surface area contributed by atoms with E-state index in [1.54, 1.807) is 12.1 Å². The van der Waals surface area contributed by atoms with Crippen molar-refractivity contribution in [1.82, 2.24) is 14.7 Å². The number of aliphatic hydroxyl groups is 1. The summed E-state index contributed by atoms with van der Waals surface area (Å²) < 4.78 is 13.2. The fourth-order valence-corrected chi connectivity index (χ4v) is 5.12. The Hall–Kier alpha value is -2.25. The van der Waals surface area contributed by atoms with Crippen molar-refractivity contribution < 1.29 is 14.3 Å². The van der Waals surface area contributed by atoms with Gasteiger partial charge >= 0.3 is 0 Å². The molecule has 0 radical (unpaired) electrons. The molecule has 0 spiro atoms. The van der Waals surface area contributed by atoms with Gasteiger partial charge in [0, 0.05) is 56.4 Å². The molecule has 182 valence electrons. The molecule has 0 aliphatic carbocycles. The van der Waals surface area contributed by atoms with Crippen LogP contribution in [0.4, 0.5) is 4.39 Å². The van der Waals surface area contributed by atoms with Gasteiger partial charge in [-0.05, 0) is 73.8 Å². The smallest absolute Gasteiger partial charge is 0.246 e. The van der Waals surface area contributed by atoms with Crippen molar-refractivity contribution >= 4 is 23.6 Å². The Balaban J connectivity index is 1.41. The average Bonchev–Trinajstić information content (AvgIpc) is 2.82. The summed E-state index contributed by atoms with van der Waals surface area (Å²) >= 11 is 6.27. The third-order valence-electron chi connectivity index (χ3n) is 7.05. The van der Waals surface area contributed by atoms with Crippen LogP contribution in [-0.4, -0.2) is 71.5 Å². The van der Waals surface area contributed by atoms with Gasteiger partial charge in [0.2, 0.25) is 5.91 Å². The molecule has 5 nitrogen and oxygen atoms in total. The number of carbonyl (C=O) groups excluding carboxylic acids is 1. The van der Waals surface area contributed by atoms with Crippen LogP contribution >= 0.6 is 11.6 Å². The minimum atomic E-state index is -0.945. The third-order valence-corrected chi connectivity index (χ3v) is 7.29. The molecule has 2 heterocycles. The first-order chi connectivity index (χ1) is 16.2. The Bertz CT molecular complexity index is 1030. The second-order valence-electron chi connectivity index (χ2n) is 9.64. The van der Waals surface area contributed by atoms with E-state index >= 15 is 0 Å². The van der Waals surface area contributed by atoms with Crippen molar-refractivity contribution in [2.75, 3.05) is 39.8 Å². The largest absolute Gasteiger partial charge is 0.385 e. The number of rotatable bonds is 5. The van der Waals surface area contributed by atoms with Crippen LogP contribution in [0.25, 0.3) is 6.08 Å². The van der Waals surface area contributed by atoms with E-state index in [1.807, 2.05) is 35.2 Å². The lowest BCUT2D eigenvalue weighted by Gasteiger charge is -2.39. The number of halogens is 2. The average molecular weight is 486 g/mol. The topological polar surface area (TPSA) is 47.0 Å². The van der Waals surface area contributed by atoms with Gasteiger partial charge in [0.05, 0.1) is 5.60 Å². The summed E-state index contributed by atoms with van der Waals surface area (Å²) in [5.74, 6) is -0.267. The van der Waals surface area contributed by atoms with Crippen molar-refractivity contribution in [3.63, 3.8) is 0 Å². The molecule has 0 aromatic heterocycles. The van der Waals surface area contributed by atoms with Gasteiger partial charge in [-0.25, -0.2) is 4.39 Å². The molecule has 2 aliphatic rings. The van der Waals surface area contributed by atoms with Crippen LogP contribution in [-0.2, 0) is 16.9 Å². The molecule has 0 unspecified atom stereocenters. The number of likely N-dealkylation sites (tertiary alicyclic amines) is 1. The first-order valence-electron chi connectivity index (χ1n) is 11.9. The SMILES string of the molecule is C[C@@H]1CN(Cc2ccc(F)cc2)CCN1C(=O)/C=C/c1ccc(Cl)cc1C1(O)CCN(C)CC1. The maximum Gasteiger partial charge on any atom is 0.246 e. The maximum atomic E-state index is 13.2. The first kappa shape index (κ1) is 24.9. The summed E-state index contributed by atoms with van der Waals surface area (Å²) in [5, 5.41) is 11.9. The van der Waals surface area contributed by atoms with E-state index in [9.17, 15) is 14.3 Å². The summed E-state index contributed by atoms with van der Waals surface area (Å²) in [7, 11) is 2.05. The molecule has 1 N–H and O–H groups in total. The zero-order valence-electron chi connectivity index (χ0n) is 19.9. The van der Waals surface area contributed by atoms with Crippen LogP contribution in [0, 0.1) is 5.82 Å². The molecule has 2 fully saturated rings. The van der Waals surface area contributed by atoms with Crippen molar-refractivity contribution in [2.45, 2.75) is 38.0 Å². The number of benzene rings is 2. The Morgan fingerprint density at radius 1 is 1.15 bits per heavy atom. The van der Waals surface area contributed by atoms with E-state index < -0.39 is 5.60 Å². The van der Waals surface area contributed by atoms with E-state index in [-0.39, 0.29) is 17.8 Å². The summed E-state index contributed by atoms with van der Waals surface area (Å²) in [6.07, 6.45) is 4.68. The molecular formula is C27H33ClFN3O2. The minimum absolute atomic E-state index is 0.0369. The normalized spacial score (nSPS) is 21.8. The van der Waals surface area contributed by atoms with Gasteiger partial charge in [-0.1, -0.05) is 29.8 Å². The Labute approximate surface area is 206 Å². The highest BCUT2D eigenvalue weighted by molar-refractivity contribution is 6.30. The predicted molar refractivity (Wildman–Crippen MR) is 134 cm³/mol. The van der Waals surface area contributed by atoms with Crippen LogP contribution < -0.4 is 0 Å². The summed E-state index contributed by atoms with van der Waals surface area (Å²) in [5.41, 5.74) is 1.73. The van der Waals surface area contributed by atoms with E-state index in [4.69, 9.17) is 11.6 Å². The third kappa shape index (κ3) is 5.87. The van der Waals surface area contributed by atoms with E-state index in [0.717, 1.165) is 49.4 Å². The van der Waals surface area contributed by atoms with E-state index in [1.165, 1.54) is 12.1 Å². The molecule has 0 saturated carbocycles. The van der Waals surface area contributed by atoms with Crippen LogP contribution in [0.2, 0.25) is 5.02 Å². The second-order valence-corrected chi connectivity index (χ2v) is 10.1. The molecule has 2 saturated heterocycles. The summed E-state index contributed by atoms with van der Waals surface area (Å²) in [4.78, 5) is 19.4. The fourth-order valence-electron chi connectivity index (χ4n) is 4.94. The molecule has 2 aromatic carbocycles. The predicted octanol–water partition coefficient (Wildman–Crippen LogP) is 4.14. The molecule has 1 amide bonds. The van der Waals surface area contributed by atoms with Crippen molar-refractivity contribution in [1.29, 1.82) is 0 Å². The lowest BCUT2D eigenvalue weighted by atomic mass is 9.82.